The maximum Gasteiger partial charge on any atom is 0.339 e. The number of nitrogens with one attached hydrogen (secondary N) is 1. The summed E-state index contributed by atoms with van der Waals surface area (Å²) >= 11 is 0. The Kier molecular flexibility index (Phi) is 7.50. The molecule has 13 heteroatoms. The van der Waals surface area contributed by atoms with Crippen molar-refractivity contribution in [2.24, 2.45) is 0 Å². The van der Waals surface area contributed by atoms with Crippen LogP contribution in [0.25, 0.3) is 0 Å². The van der Waals surface area contributed by atoms with Gasteiger partial charge in [-0.1, -0.05) is 0 Å². The topological polar surface area (TPSA) is 168 Å². The van der Waals surface area contributed by atoms with Crippen LogP contribution < -0.4 is 5.32 Å². The SMILES string of the molecule is CCOC(=O)c1cc(C(=O)OC(C)C(=O)Nc2ccc(F)c([N+](=O)[O-])c2)cc([N+](=O)[O-])c1. The van der Waals surface area contributed by atoms with Crippen molar-refractivity contribution in [3.63, 3.8) is 0 Å². The van der Waals surface area contributed by atoms with E-state index in [-0.39, 0.29) is 23.4 Å². The second-order valence-corrected chi connectivity index (χ2v) is 6.21. The minimum Gasteiger partial charge on any atom is -0.462 e. The summed E-state index contributed by atoms with van der Waals surface area (Å²) in [5.41, 5.74) is -2.19. The lowest BCUT2D eigenvalue weighted by atomic mass is 10.1. The van der Waals surface area contributed by atoms with Crippen LogP contribution in [0, 0.1) is 26.0 Å². The zero-order valence-electron chi connectivity index (χ0n) is 16.7. The number of nitro groups is 2. The van der Waals surface area contributed by atoms with Crippen molar-refractivity contribution in [1.29, 1.82) is 0 Å². The Labute approximate surface area is 179 Å². The predicted octanol–water partition coefficient (Wildman–Crippen LogP) is 3.00. The molecule has 2 rings (SSSR count). The maximum absolute atomic E-state index is 13.4. The van der Waals surface area contributed by atoms with Crippen LogP contribution in [-0.4, -0.2) is 40.4 Å². The smallest absolute Gasteiger partial charge is 0.339 e. The highest BCUT2D eigenvalue weighted by molar-refractivity contribution is 5.99. The number of benzene rings is 2. The number of anilines is 1. The summed E-state index contributed by atoms with van der Waals surface area (Å²) in [5.74, 6) is -4.05. The zero-order valence-corrected chi connectivity index (χ0v) is 16.7. The van der Waals surface area contributed by atoms with Gasteiger partial charge in [0.25, 0.3) is 11.6 Å². The average molecular weight is 449 g/mol. The number of ether oxygens (including phenoxy) is 2. The molecule has 0 spiro atoms. The number of halogens is 1. The number of esters is 2. The quantitative estimate of drug-likeness (QED) is 0.362. The van der Waals surface area contributed by atoms with Crippen LogP contribution in [0.1, 0.15) is 34.6 Å². The molecule has 1 N–H and O–H groups in total. The van der Waals surface area contributed by atoms with Crippen molar-refractivity contribution in [3.8, 4) is 0 Å². The van der Waals surface area contributed by atoms with Crippen LogP contribution in [0.5, 0.6) is 0 Å². The first-order valence-corrected chi connectivity index (χ1v) is 8.95. The van der Waals surface area contributed by atoms with Gasteiger partial charge in [-0.15, -0.1) is 0 Å². The largest absolute Gasteiger partial charge is 0.462 e. The van der Waals surface area contributed by atoms with E-state index in [2.05, 4.69) is 5.32 Å². The second kappa shape index (κ2) is 10.1. The fourth-order valence-electron chi connectivity index (χ4n) is 2.42. The van der Waals surface area contributed by atoms with E-state index in [4.69, 9.17) is 9.47 Å². The van der Waals surface area contributed by atoms with Gasteiger partial charge in [-0.2, -0.15) is 4.39 Å². The first-order valence-electron chi connectivity index (χ1n) is 8.95. The van der Waals surface area contributed by atoms with Crippen molar-refractivity contribution < 1.29 is 38.1 Å². The molecule has 1 atom stereocenters. The van der Waals surface area contributed by atoms with Crippen LogP contribution >= 0.6 is 0 Å². The number of hydrogen-bond donors (Lipinski definition) is 1. The summed E-state index contributed by atoms with van der Waals surface area (Å²) < 4.78 is 23.1. The second-order valence-electron chi connectivity index (χ2n) is 6.21. The van der Waals surface area contributed by atoms with E-state index in [1.54, 1.807) is 0 Å². The Morgan fingerprint density at radius 3 is 2.22 bits per heavy atom. The minimum atomic E-state index is -1.45. The van der Waals surface area contributed by atoms with E-state index < -0.39 is 51.0 Å². The number of nitro benzene ring substituents is 2. The van der Waals surface area contributed by atoms with Crippen LogP contribution in [0.15, 0.2) is 36.4 Å². The lowest BCUT2D eigenvalue weighted by molar-refractivity contribution is -0.387. The summed E-state index contributed by atoms with van der Waals surface area (Å²) in [4.78, 5) is 56.6. The first kappa shape index (κ1) is 23.9. The van der Waals surface area contributed by atoms with Crippen molar-refractivity contribution in [1.82, 2.24) is 0 Å². The highest BCUT2D eigenvalue weighted by Crippen LogP contribution is 2.22. The van der Waals surface area contributed by atoms with Crippen LogP contribution in [0.4, 0.5) is 21.5 Å². The standard InChI is InChI=1S/C19H16FN3O9/c1-3-31-18(25)11-6-12(8-14(7-11)22(27)28)19(26)32-10(2)17(24)21-13-4-5-15(20)16(9-13)23(29)30/h4-10H,3H2,1-2H3,(H,21,24). The summed E-state index contributed by atoms with van der Waals surface area (Å²) in [5, 5.41) is 24.1. The van der Waals surface area contributed by atoms with Gasteiger partial charge < -0.3 is 14.8 Å². The molecule has 0 bridgehead atoms. The number of carbonyl (C=O) groups excluding carboxylic acids is 3. The molecule has 0 saturated heterocycles. The van der Waals surface area contributed by atoms with Crippen molar-refractivity contribution in [3.05, 3.63) is 73.6 Å². The molecule has 12 nitrogen and oxygen atoms in total. The molecule has 1 unspecified atom stereocenters. The molecule has 0 aliphatic rings. The monoisotopic (exact) mass is 449 g/mol. The van der Waals surface area contributed by atoms with Gasteiger partial charge in [0.1, 0.15) is 0 Å². The van der Waals surface area contributed by atoms with E-state index in [0.29, 0.717) is 0 Å². The Balaban J connectivity index is 2.18. The molecule has 2 aromatic carbocycles. The third-order valence-electron chi connectivity index (χ3n) is 3.94. The maximum atomic E-state index is 13.4. The van der Waals surface area contributed by atoms with Gasteiger partial charge in [-0.3, -0.25) is 25.0 Å². The average Bonchev–Trinajstić information content (AvgIpc) is 2.74. The zero-order chi connectivity index (χ0) is 24.0. The van der Waals surface area contributed by atoms with Crippen LogP contribution in [0.3, 0.4) is 0 Å². The highest BCUT2D eigenvalue weighted by atomic mass is 19.1. The number of rotatable bonds is 8. The summed E-state index contributed by atoms with van der Waals surface area (Å²) in [6, 6.07) is 5.44. The first-order chi connectivity index (χ1) is 15.0. The number of hydrogen-bond acceptors (Lipinski definition) is 9. The number of nitrogens with zero attached hydrogens (tertiary/aromatic N) is 2. The Morgan fingerprint density at radius 1 is 1.03 bits per heavy atom. The molecule has 32 heavy (non-hydrogen) atoms. The lowest BCUT2D eigenvalue weighted by Gasteiger charge is -2.14. The van der Waals surface area contributed by atoms with Crippen molar-refractivity contribution >= 4 is 34.9 Å². The Morgan fingerprint density at radius 2 is 1.66 bits per heavy atom. The van der Waals surface area contributed by atoms with E-state index in [1.807, 2.05) is 0 Å². The molecule has 0 aromatic heterocycles. The molecular weight excluding hydrogens is 433 g/mol. The fourth-order valence-corrected chi connectivity index (χ4v) is 2.42. The number of carbonyl (C=O) groups is 3. The van der Waals surface area contributed by atoms with E-state index in [9.17, 15) is 39.0 Å². The molecule has 0 aliphatic carbocycles. The fraction of sp³-hybridized carbons (Fsp3) is 0.211. The Bertz CT molecular complexity index is 1100. The summed E-state index contributed by atoms with van der Waals surface area (Å²) in [6.07, 6.45) is -1.45. The van der Waals surface area contributed by atoms with Gasteiger partial charge in [0.2, 0.25) is 5.82 Å². The van der Waals surface area contributed by atoms with Gasteiger partial charge in [0.05, 0.1) is 27.6 Å². The molecular formula is C19H16FN3O9. The van der Waals surface area contributed by atoms with Crippen LogP contribution in [-0.2, 0) is 14.3 Å². The molecule has 0 fully saturated rings. The summed E-state index contributed by atoms with van der Waals surface area (Å²) in [7, 11) is 0. The molecule has 1 amide bonds. The number of non-ortho nitro benzene ring substituents is 1. The van der Waals surface area contributed by atoms with Crippen molar-refractivity contribution in [2.75, 3.05) is 11.9 Å². The highest BCUT2D eigenvalue weighted by Gasteiger charge is 2.24. The van der Waals surface area contributed by atoms with E-state index in [0.717, 1.165) is 36.4 Å². The normalized spacial score (nSPS) is 11.2. The van der Waals surface area contributed by atoms with E-state index in [1.165, 1.54) is 13.8 Å². The van der Waals surface area contributed by atoms with Gasteiger partial charge in [-0.25, -0.2) is 9.59 Å². The number of amides is 1. The third-order valence-corrected chi connectivity index (χ3v) is 3.94. The van der Waals surface area contributed by atoms with Crippen molar-refractivity contribution in [2.45, 2.75) is 20.0 Å². The minimum absolute atomic E-state index is 0.0000572. The molecule has 0 saturated carbocycles. The summed E-state index contributed by atoms with van der Waals surface area (Å²) in [6.45, 7) is 2.70. The van der Waals surface area contributed by atoms with Gasteiger partial charge in [0.15, 0.2) is 6.10 Å². The molecule has 0 aliphatic heterocycles. The van der Waals surface area contributed by atoms with Gasteiger partial charge in [-0.05, 0) is 32.0 Å². The molecule has 0 radical (unpaired) electrons. The molecule has 0 heterocycles. The Hall–Kier alpha value is -4.42. The molecule has 168 valence electrons. The lowest BCUT2D eigenvalue weighted by Crippen LogP contribution is -2.30. The third kappa shape index (κ3) is 5.81. The predicted molar refractivity (Wildman–Crippen MR) is 106 cm³/mol. The van der Waals surface area contributed by atoms with Gasteiger partial charge in [0, 0.05) is 23.9 Å². The van der Waals surface area contributed by atoms with Gasteiger partial charge >= 0.3 is 17.6 Å². The molecule has 2 aromatic rings. The van der Waals surface area contributed by atoms with Crippen LogP contribution in [0.2, 0.25) is 0 Å². The van der Waals surface area contributed by atoms with E-state index >= 15 is 0 Å².